The monoisotopic (exact) mass is 333 g/mol. The summed E-state index contributed by atoms with van der Waals surface area (Å²) in [5.74, 6) is 0. The summed E-state index contributed by atoms with van der Waals surface area (Å²) in [6, 6.07) is 11.5. The summed E-state index contributed by atoms with van der Waals surface area (Å²) in [6.45, 7) is 4.90. The first-order chi connectivity index (χ1) is 12.2. The number of H-pyrrole nitrogens is 1. The minimum atomic E-state index is -0.131. The molecule has 3 heterocycles. The van der Waals surface area contributed by atoms with Crippen molar-refractivity contribution in [1.29, 1.82) is 0 Å². The maximum Gasteiger partial charge on any atom is 0.273 e. The van der Waals surface area contributed by atoms with E-state index >= 15 is 0 Å². The molecule has 6 heteroatoms. The lowest BCUT2D eigenvalue weighted by atomic mass is 10.1. The average Bonchev–Trinajstić information content (AvgIpc) is 3.20. The van der Waals surface area contributed by atoms with Gasteiger partial charge in [0.25, 0.3) is 5.56 Å². The van der Waals surface area contributed by atoms with Gasteiger partial charge in [-0.15, -0.1) is 0 Å². The van der Waals surface area contributed by atoms with E-state index in [2.05, 4.69) is 17.1 Å². The smallest absolute Gasteiger partial charge is 0.273 e. The maximum atomic E-state index is 12.6. The molecule has 25 heavy (non-hydrogen) atoms. The lowest BCUT2D eigenvalue weighted by Crippen LogP contribution is -2.14. The Balaban J connectivity index is 1.92. The summed E-state index contributed by atoms with van der Waals surface area (Å²) in [5.41, 5.74) is 4.89. The molecule has 0 spiro atoms. The third-order valence-corrected chi connectivity index (χ3v) is 4.24. The maximum absolute atomic E-state index is 12.6. The average molecular weight is 333 g/mol. The number of nitrogens with zero attached hydrogens (tertiary/aromatic N) is 4. The fraction of sp³-hybridized carbons (Fsp3) is 0.211. The van der Waals surface area contributed by atoms with Crippen LogP contribution in [0.25, 0.3) is 28.0 Å². The van der Waals surface area contributed by atoms with Crippen molar-refractivity contribution in [2.75, 3.05) is 0 Å². The number of aromatic amines is 1. The van der Waals surface area contributed by atoms with Gasteiger partial charge in [-0.1, -0.05) is 37.3 Å². The summed E-state index contributed by atoms with van der Waals surface area (Å²) in [4.78, 5) is 17.3. The van der Waals surface area contributed by atoms with Gasteiger partial charge in [-0.05, 0) is 18.9 Å². The highest BCUT2D eigenvalue weighted by Gasteiger charge is 2.15. The van der Waals surface area contributed by atoms with Crippen LogP contribution in [-0.4, -0.2) is 24.4 Å². The van der Waals surface area contributed by atoms with Crippen molar-refractivity contribution >= 4 is 5.65 Å². The largest absolute Gasteiger partial charge is 0.293 e. The highest BCUT2D eigenvalue weighted by Crippen LogP contribution is 2.27. The molecule has 6 nitrogen and oxygen atoms in total. The van der Waals surface area contributed by atoms with Gasteiger partial charge in [-0.3, -0.25) is 14.6 Å². The Labute approximate surface area is 144 Å². The summed E-state index contributed by atoms with van der Waals surface area (Å²) in [6.07, 6.45) is 4.70. The Morgan fingerprint density at radius 2 is 1.96 bits per heavy atom. The number of rotatable bonds is 4. The van der Waals surface area contributed by atoms with Crippen molar-refractivity contribution in [3.05, 3.63) is 64.8 Å². The minimum Gasteiger partial charge on any atom is -0.293 e. The van der Waals surface area contributed by atoms with Crippen LogP contribution < -0.4 is 5.56 Å². The molecule has 0 aliphatic carbocycles. The molecule has 0 bridgehead atoms. The molecule has 4 aromatic rings. The van der Waals surface area contributed by atoms with E-state index in [1.54, 1.807) is 12.3 Å². The van der Waals surface area contributed by atoms with Crippen LogP contribution in [0.5, 0.6) is 0 Å². The van der Waals surface area contributed by atoms with E-state index in [0.29, 0.717) is 11.3 Å². The van der Waals surface area contributed by atoms with Crippen molar-refractivity contribution in [3.63, 3.8) is 0 Å². The Bertz CT molecular complexity index is 1090. The van der Waals surface area contributed by atoms with E-state index in [0.717, 1.165) is 35.3 Å². The number of fused-ring (bicyclic) bond motifs is 1. The molecule has 0 unspecified atom stereocenters. The standard InChI is InChI=1S/C19H19N5O/c1-3-9-23-12-15(11-20-23)16-10-17(25)24-19(21-16)18(13(2)22-24)14-7-5-4-6-8-14/h4-8,10-12,22H,3,9H2,1-2H3. The molecule has 0 saturated carbocycles. The van der Waals surface area contributed by atoms with Gasteiger partial charge >= 0.3 is 0 Å². The molecule has 126 valence electrons. The molecule has 3 aromatic heterocycles. The van der Waals surface area contributed by atoms with E-state index < -0.39 is 0 Å². The number of aromatic nitrogens is 5. The van der Waals surface area contributed by atoms with Crippen molar-refractivity contribution in [2.45, 2.75) is 26.8 Å². The molecule has 0 atom stereocenters. The van der Waals surface area contributed by atoms with Gasteiger partial charge in [0.1, 0.15) is 0 Å². The van der Waals surface area contributed by atoms with Crippen LogP contribution in [0, 0.1) is 6.92 Å². The van der Waals surface area contributed by atoms with Gasteiger partial charge in [-0.25, -0.2) is 9.50 Å². The molecule has 0 fully saturated rings. The van der Waals surface area contributed by atoms with Crippen molar-refractivity contribution < 1.29 is 0 Å². The molecule has 0 aliphatic heterocycles. The zero-order valence-corrected chi connectivity index (χ0v) is 14.2. The first-order valence-corrected chi connectivity index (χ1v) is 8.38. The van der Waals surface area contributed by atoms with E-state index in [1.807, 2.05) is 48.1 Å². The van der Waals surface area contributed by atoms with E-state index in [9.17, 15) is 4.79 Å². The second-order valence-electron chi connectivity index (χ2n) is 6.11. The molecule has 4 rings (SSSR count). The van der Waals surface area contributed by atoms with E-state index in [-0.39, 0.29) is 5.56 Å². The summed E-state index contributed by atoms with van der Waals surface area (Å²) < 4.78 is 3.37. The lowest BCUT2D eigenvalue weighted by Gasteiger charge is -2.02. The van der Waals surface area contributed by atoms with Gasteiger partial charge < -0.3 is 0 Å². The Kier molecular flexibility index (Phi) is 3.72. The second kappa shape index (κ2) is 6.05. The summed E-state index contributed by atoms with van der Waals surface area (Å²) in [7, 11) is 0. The highest BCUT2D eigenvalue weighted by atomic mass is 16.1. The van der Waals surface area contributed by atoms with Crippen LogP contribution in [0.1, 0.15) is 19.0 Å². The van der Waals surface area contributed by atoms with Crippen molar-refractivity contribution in [1.82, 2.24) is 24.4 Å². The number of hydrogen-bond donors (Lipinski definition) is 1. The summed E-state index contributed by atoms with van der Waals surface area (Å²) in [5, 5.41) is 7.46. The van der Waals surface area contributed by atoms with Gasteiger partial charge in [0.05, 0.1) is 11.9 Å². The number of hydrogen-bond acceptors (Lipinski definition) is 3. The van der Waals surface area contributed by atoms with Crippen LogP contribution >= 0.6 is 0 Å². The fourth-order valence-electron chi connectivity index (χ4n) is 3.09. The highest BCUT2D eigenvalue weighted by molar-refractivity contribution is 5.80. The predicted octanol–water partition coefficient (Wildman–Crippen LogP) is 3.27. The zero-order valence-electron chi connectivity index (χ0n) is 14.2. The van der Waals surface area contributed by atoms with Crippen molar-refractivity contribution in [2.24, 2.45) is 0 Å². The predicted molar refractivity (Wildman–Crippen MR) is 97.5 cm³/mol. The quantitative estimate of drug-likeness (QED) is 0.623. The van der Waals surface area contributed by atoms with Gasteiger partial charge in [0, 0.05) is 35.6 Å². The normalized spacial score (nSPS) is 11.3. The van der Waals surface area contributed by atoms with E-state index in [1.165, 1.54) is 4.52 Å². The Hall–Kier alpha value is -3.15. The number of nitrogens with one attached hydrogen (secondary N) is 1. The molecule has 0 saturated heterocycles. The topological polar surface area (TPSA) is 68.0 Å². The Morgan fingerprint density at radius 3 is 2.72 bits per heavy atom. The molecule has 0 amide bonds. The molecule has 1 N–H and O–H groups in total. The van der Waals surface area contributed by atoms with Gasteiger partial charge in [0.2, 0.25) is 0 Å². The van der Waals surface area contributed by atoms with Crippen LogP contribution in [0.4, 0.5) is 0 Å². The van der Waals surface area contributed by atoms with Crippen LogP contribution in [0.2, 0.25) is 0 Å². The van der Waals surface area contributed by atoms with Crippen LogP contribution in [0.15, 0.2) is 53.6 Å². The third kappa shape index (κ3) is 2.65. The van der Waals surface area contributed by atoms with Crippen LogP contribution in [-0.2, 0) is 6.54 Å². The molecular formula is C19H19N5O. The molecule has 1 aromatic carbocycles. The first kappa shape index (κ1) is 15.4. The lowest BCUT2D eigenvalue weighted by molar-refractivity contribution is 0.603. The van der Waals surface area contributed by atoms with Gasteiger partial charge in [-0.2, -0.15) is 5.10 Å². The SMILES string of the molecule is CCCn1cc(-c2cc(=O)n3[nH]c(C)c(-c4ccccc4)c3n2)cn1. The summed E-state index contributed by atoms with van der Waals surface area (Å²) >= 11 is 0. The van der Waals surface area contributed by atoms with Crippen molar-refractivity contribution in [3.8, 4) is 22.4 Å². The number of aryl methyl sites for hydroxylation is 2. The first-order valence-electron chi connectivity index (χ1n) is 8.38. The molecular weight excluding hydrogens is 314 g/mol. The number of benzene rings is 1. The zero-order chi connectivity index (χ0) is 17.4. The van der Waals surface area contributed by atoms with Gasteiger partial charge in [0.15, 0.2) is 5.65 Å². The third-order valence-electron chi connectivity index (χ3n) is 4.24. The second-order valence-corrected chi connectivity index (χ2v) is 6.11. The fourth-order valence-corrected chi connectivity index (χ4v) is 3.09. The minimum absolute atomic E-state index is 0.131. The van der Waals surface area contributed by atoms with E-state index in [4.69, 9.17) is 4.98 Å². The Morgan fingerprint density at radius 1 is 1.16 bits per heavy atom. The van der Waals surface area contributed by atoms with Crippen LogP contribution in [0.3, 0.4) is 0 Å². The molecule has 0 aliphatic rings. The molecule has 0 radical (unpaired) electrons.